The van der Waals surface area contributed by atoms with Crippen molar-refractivity contribution in [1.82, 2.24) is 5.32 Å². The fourth-order valence-electron chi connectivity index (χ4n) is 3.06. The van der Waals surface area contributed by atoms with Gasteiger partial charge in [-0.3, -0.25) is 9.59 Å². The summed E-state index contributed by atoms with van der Waals surface area (Å²) in [6.45, 7) is 2.53. The van der Waals surface area contributed by atoms with Crippen LogP contribution in [0.1, 0.15) is 28.7 Å². The molecule has 0 radical (unpaired) electrons. The monoisotopic (exact) mass is 322 g/mol. The fraction of sp³-hybridized carbons (Fsp3) is 0.300. The van der Waals surface area contributed by atoms with Crippen molar-refractivity contribution in [2.45, 2.75) is 32.7 Å². The molecule has 1 heterocycles. The number of benzene rings is 2. The number of nitrogens with zero attached hydrogens (tertiary/aromatic N) is 1. The topological polar surface area (TPSA) is 49.4 Å². The number of anilines is 1. The van der Waals surface area contributed by atoms with E-state index < -0.39 is 0 Å². The van der Waals surface area contributed by atoms with Crippen molar-refractivity contribution < 1.29 is 9.59 Å². The quantitative estimate of drug-likeness (QED) is 0.941. The van der Waals surface area contributed by atoms with Gasteiger partial charge in [0, 0.05) is 25.7 Å². The highest BCUT2D eigenvalue weighted by Crippen LogP contribution is 2.27. The van der Waals surface area contributed by atoms with E-state index in [4.69, 9.17) is 0 Å². The maximum Gasteiger partial charge on any atom is 0.227 e. The fourth-order valence-corrected chi connectivity index (χ4v) is 3.06. The summed E-state index contributed by atoms with van der Waals surface area (Å²) < 4.78 is 0. The van der Waals surface area contributed by atoms with E-state index in [1.807, 2.05) is 50.4 Å². The molecule has 2 aromatic rings. The summed E-state index contributed by atoms with van der Waals surface area (Å²) in [5, 5.41) is 2.98. The highest BCUT2D eigenvalue weighted by Gasteiger charge is 2.20. The summed E-state index contributed by atoms with van der Waals surface area (Å²) >= 11 is 0. The largest absolute Gasteiger partial charge is 0.352 e. The van der Waals surface area contributed by atoms with Gasteiger partial charge in [-0.05, 0) is 41.7 Å². The summed E-state index contributed by atoms with van der Waals surface area (Å²) in [6, 6.07) is 14.0. The number of hydrogen-bond acceptors (Lipinski definition) is 2. The Hall–Kier alpha value is -2.62. The Bertz CT molecular complexity index is 783. The Morgan fingerprint density at radius 1 is 1.17 bits per heavy atom. The van der Waals surface area contributed by atoms with E-state index in [-0.39, 0.29) is 11.8 Å². The molecule has 0 aliphatic carbocycles. The van der Waals surface area contributed by atoms with Gasteiger partial charge in [0.15, 0.2) is 0 Å². The Morgan fingerprint density at radius 3 is 2.75 bits per heavy atom. The number of hydrogen-bond donors (Lipinski definition) is 1. The molecule has 1 N–H and O–H groups in total. The molecule has 0 unspecified atom stereocenters. The molecule has 0 saturated carbocycles. The van der Waals surface area contributed by atoms with Crippen LogP contribution in [0.25, 0.3) is 0 Å². The Balaban J connectivity index is 1.62. The molecule has 0 bridgehead atoms. The van der Waals surface area contributed by atoms with Crippen LogP contribution in [0.2, 0.25) is 0 Å². The molecule has 1 aliphatic heterocycles. The lowest BCUT2D eigenvalue weighted by atomic mass is 9.99. The molecule has 124 valence electrons. The summed E-state index contributed by atoms with van der Waals surface area (Å²) in [5.41, 5.74) is 5.40. The van der Waals surface area contributed by atoms with Crippen LogP contribution in [0, 0.1) is 6.92 Å². The van der Waals surface area contributed by atoms with E-state index in [1.165, 1.54) is 5.56 Å². The van der Waals surface area contributed by atoms with Gasteiger partial charge in [-0.2, -0.15) is 0 Å². The van der Waals surface area contributed by atoms with Gasteiger partial charge in [-0.25, -0.2) is 0 Å². The molecule has 1 aliphatic rings. The first kappa shape index (κ1) is 16.2. The van der Waals surface area contributed by atoms with Crippen LogP contribution in [0.4, 0.5) is 5.69 Å². The van der Waals surface area contributed by atoms with Gasteiger partial charge in [0.1, 0.15) is 0 Å². The Kier molecular flexibility index (Phi) is 4.65. The average Bonchev–Trinajstić information content (AvgIpc) is 2.58. The smallest absolute Gasteiger partial charge is 0.227 e. The number of fused-ring (bicyclic) bond motifs is 1. The normalized spacial score (nSPS) is 13.6. The van der Waals surface area contributed by atoms with Crippen LogP contribution < -0.4 is 10.2 Å². The highest BCUT2D eigenvalue weighted by molar-refractivity contribution is 5.95. The summed E-state index contributed by atoms with van der Waals surface area (Å²) in [5.74, 6) is 0.177. The van der Waals surface area contributed by atoms with Crippen molar-refractivity contribution in [2.24, 2.45) is 0 Å². The predicted molar refractivity (Wildman–Crippen MR) is 94.9 cm³/mol. The molecule has 0 aromatic heterocycles. The van der Waals surface area contributed by atoms with Crippen molar-refractivity contribution in [3.63, 3.8) is 0 Å². The average molecular weight is 322 g/mol. The summed E-state index contributed by atoms with van der Waals surface area (Å²) in [7, 11) is 1.81. The molecular formula is C20H22N2O2. The van der Waals surface area contributed by atoms with Crippen LogP contribution in [0.5, 0.6) is 0 Å². The minimum atomic E-state index is 0.0225. The van der Waals surface area contributed by atoms with Crippen LogP contribution in [0.3, 0.4) is 0 Å². The zero-order valence-electron chi connectivity index (χ0n) is 14.1. The van der Waals surface area contributed by atoms with Crippen molar-refractivity contribution in [3.05, 3.63) is 64.7 Å². The van der Waals surface area contributed by atoms with Gasteiger partial charge in [0.25, 0.3) is 0 Å². The number of carbonyl (C=O) groups excluding carboxylic acids is 2. The highest BCUT2D eigenvalue weighted by atomic mass is 16.2. The molecule has 0 saturated heterocycles. The van der Waals surface area contributed by atoms with Gasteiger partial charge in [-0.1, -0.05) is 36.4 Å². The van der Waals surface area contributed by atoms with Gasteiger partial charge in [0.05, 0.1) is 6.42 Å². The molecule has 3 rings (SSSR count). The molecule has 2 amide bonds. The molecule has 0 fully saturated rings. The number of amides is 2. The van der Waals surface area contributed by atoms with Gasteiger partial charge in [0.2, 0.25) is 11.8 Å². The summed E-state index contributed by atoms with van der Waals surface area (Å²) in [4.78, 5) is 25.6. The lowest BCUT2D eigenvalue weighted by molar-refractivity contribution is -0.120. The zero-order chi connectivity index (χ0) is 17.1. The minimum Gasteiger partial charge on any atom is -0.352 e. The van der Waals surface area contributed by atoms with Crippen LogP contribution in [-0.2, 0) is 29.0 Å². The molecular weight excluding hydrogens is 300 g/mol. The van der Waals surface area contributed by atoms with Crippen molar-refractivity contribution in [3.8, 4) is 0 Å². The molecule has 0 atom stereocenters. The number of carbonyl (C=O) groups is 2. The first-order valence-corrected chi connectivity index (χ1v) is 8.24. The third kappa shape index (κ3) is 3.48. The third-order valence-electron chi connectivity index (χ3n) is 4.59. The molecule has 24 heavy (non-hydrogen) atoms. The van der Waals surface area contributed by atoms with Crippen LogP contribution >= 0.6 is 0 Å². The van der Waals surface area contributed by atoms with Gasteiger partial charge in [-0.15, -0.1) is 0 Å². The summed E-state index contributed by atoms with van der Waals surface area (Å²) in [6.07, 6.45) is 1.71. The van der Waals surface area contributed by atoms with E-state index in [2.05, 4.69) is 11.4 Å². The van der Waals surface area contributed by atoms with Gasteiger partial charge >= 0.3 is 0 Å². The second-order valence-electron chi connectivity index (χ2n) is 6.30. The second-order valence-corrected chi connectivity index (χ2v) is 6.30. The van der Waals surface area contributed by atoms with Crippen molar-refractivity contribution >= 4 is 17.5 Å². The minimum absolute atomic E-state index is 0.0225. The maximum absolute atomic E-state index is 12.2. The number of rotatable bonds is 4. The van der Waals surface area contributed by atoms with E-state index in [0.717, 1.165) is 28.8 Å². The standard InChI is InChI=1S/C20H22N2O2/c1-14-5-3-4-6-16(14)12-19(23)21-13-15-7-9-18-17(11-15)8-10-20(24)22(18)2/h3-7,9,11H,8,10,12-13H2,1-2H3,(H,21,23). The van der Waals surface area contributed by atoms with E-state index in [0.29, 0.717) is 19.4 Å². The van der Waals surface area contributed by atoms with Crippen LogP contribution in [0.15, 0.2) is 42.5 Å². The van der Waals surface area contributed by atoms with Crippen LogP contribution in [-0.4, -0.2) is 18.9 Å². The first-order valence-electron chi connectivity index (χ1n) is 8.24. The number of aryl methyl sites for hydroxylation is 2. The van der Waals surface area contributed by atoms with Crippen molar-refractivity contribution in [2.75, 3.05) is 11.9 Å². The zero-order valence-corrected chi connectivity index (χ0v) is 14.1. The van der Waals surface area contributed by atoms with E-state index in [9.17, 15) is 9.59 Å². The van der Waals surface area contributed by atoms with Crippen molar-refractivity contribution in [1.29, 1.82) is 0 Å². The molecule has 0 spiro atoms. The Morgan fingerprint density at radius 2 is 1.96 bits per heavy atom. The Labute approximate surface area is 142 Å². The molecule has 4 nitrogen and oxygen atoms in total. The molecule has 2 aromatic carbocycles. The van der Waals surface area contributed by atoms with E-state index in [1.54, 1.807) is 4.90 Å². The second kappa shape index (κ2) is 6.87. The maximum atomic E-state index is 12.2. The van der Waals surface area contributed by atoms with E-state index >= 15 is 0 Å². The lowest BCUT2D eigenvalue weighted by Gasteiger charge is -2.26. The number of nitrogens with one attached hydrogen (secondary N) is 1. The SMILES string of the molecule is Cc1ccccc1CC(=O)NCc1ccc2c(c1)CCC(=O)N2C. The molecule has 4 heteroatoms. The third-order valence-corrected chi connectivity index (χ3v) is 4.59. The predicted octanol–water partition coefficient (Wildman–Crippen LogP) is 2.76. The lowest BCUT2D eigenvalue weighted by Crippen LogP contribution is -2.31. The first-order chi connectivity index (χ1) is 11.5. The van der Waals surface area contributed by atoms with Gasteiger partial charge < -0.3 is 10.2 Å².